The predicted octanol–water partition coefficient (Wildman–Crippen LogP) is 0.359. The number of halogens is 1. The van der Waals surface area contributed by atoms with Crippen LogP contribution in [0.4, 0.5) is 10.2 Å². The van der Waals surface area contributed by atoms with Crippen molar-refractivity contribution in [2.24, 2.45) is 5.10 Å². The molecule has 0 aliphatic carbocycles. The summed E-state index contributed by atoms with van der Waals surface area (Å²) in [6.45, 7) is 0.689. The van der Waals surface area contributed by atoms with E-state index in [-0.39, 0.29) is 29.8 Å². The quantitative estimate of drug-likeness (QED) is 0.229. The summed E-state index contributed by atoms with van der Waals surface area (Å²) >= 11 is 0. The Hall–Kier alpha value is -4.65. The molecule has 0 saturated heterocycles. The van der Waals surface area contributed by atoms with Gasteiger partial charge in [0.2, 0.25) is 11.6 Å². The Balaban J connectivity index is 1.43. The monoisotopic (exact) mass is 480 g/mol. The first-order valence-electron chi connectivity index (χ1n) is 10.5. The maximum atomic E-state index is 13.0. The lowest BCUT2D eigenvalue weighted by Gasteiger charge is -2.09. The van der Waals surface area contributed by atoms with Crippen LogP contribution in [0, 0.1) is 5.82 Å². The predicted molar refractivity (Wildman–Crippen MR) is 122 cm³/mol. The Kier molecular flexibility index (Phi) is 7.07. The van der Waals surface area contributed by atoms with Gasteiger partial charge < -0.3 is 15.4 Å². The molecule has 4 N–H and O–H groups in total. The van der Waals surface area contributed by atoms with Crippen LogP contribution in [0.25, 0.3) is 5.82 Å². The molecule has 0 aliphatic rings. The molecule has 0 unspecified atom stereocenters. The Bertz CT molecular complexity index is 1330. The van der Waals surface area contributed by atoms with Crippen LogP contribution in [-0.4, -0.2) is 51.5 Å². The second kappa shape index (κ2) is 10.5. The fourth-order valence-corrected chi connectivity index (χ4v) is 3.13. The summed E-state index contributed by atoms with van der Waals surface area (Å²) < 4.78 is 24.7. The number of nitrogens with zero attached hydrogens (tertiary/aromatic N) is 6. The van der Waals surface area contributed by atoms with Crippen LogP contribution in [0.15, 0.2) is 58.3 Å². The molecule has 0 aliphatic heterocycles. The zero-order valence-corrected chi connectivity index (χ0v) is 19.0. The van der Waals surface area contributed by atoms with Crippen molar-refractivity contribution in [2.75, 3.05) is 19.8 Å². The molecule has 13 heteroatoms. The van der Waals surface area contributed by atoms with Gasteiger partial charge in [-0.15, -0.1) is 5.10 Å². The largest absolute Gasteiger partial charge is 0.489 e. The Morgan fingerprint density at radius 3 is 2.77 bits per heavy atom. The molecule has 4 rings (SSSR count). The second-order valence-electron chi connectivity index (χ2n) is 7.84. The van der Waals surface area contributed by atoms with Crippen molar-refractivity contribution in [1.82, 2.24) is 30.7 Å². The molecular formula is C22H23FN9O3+. The third-order valence-electron chi connectivity index (χ3n) is 4.75. The van der Waals surface area contributed by atoms with E-state index in [1.165, 1.54) is 23.0 Å². The number of aromatic nitrogens is 5. The third kappa shape index (κ3) is 5.83. The molecule has 0 bridgehead atoms. The summed E-state index contributed by atoms with van der Waals surface area (Å²) in [5.74, 6) is -0.0822. The molecule has 0 atom stereocenters. The van der Waals surface area contributed by atoms with Crippen molar-refractivity contribution in [3.05, 3.63) is 76.9 Å². The smallest absolute Gasteiger partial charge is 0.294 e. The van der Waals surface area contributed by atoms with Crippen LogP contribution in [0.3, 0.4) is 0 Å². The lowest BCUT2D eigenvalue weighted by Crippen LogP contribution is -3.04. The van der Waals surface area contributed by atoms with Gasteiger partial charge in [-0.2, -0.15) is 9.78 Å². The molecule has 1 amide bonds. The normalized spacial score (nSPS) is 11.3. The van der Waals surface area contributed by atoms with E-state index in [9.17, 15) is 9.18 Å². The minimum Gasteiger partial charge on any atom is -0.489 e. The second-order valence-corrected chi connectivity index (χ2v) is 7.84. The van der Waals surface area contributed by atoms with Crippen molar-refractivity contribution >= 4 is 17.9 Å². The molecule has 0 fully saturated rings. The van der Waals surface area contributed by atoms with E-state index in [1.54, 1.807) is 36.4 Å². The Morgan fingerprint density at radius 2 is 2.06 bits per heavy atom. The van der Waals surface area contributed by atoms with Gasteiger partial charge in [-0.25, -0.2) is 14.4 Å². The Labute approximate surface area is 199 Å². The van der Waals surface area contributed by atoms with E-state index in [2.05, 4.69) is 35.8 Å². The zero-order chi connectivity index (χ0) is 24.8. The standard InChI is InChI=1S/C22H22FN9O3/c1-31(2)12-18-19(26-30-32(18)21-20(24)28-35-29-21)22(33)27-25-11-15-4-3-5-17(10-15)34-13-14-6-8-16(23)9-7-14/h3-11H,12-13H2,1-2H3,(H2,24,28)(H,27,33)/p+1/b25-11-. The number of carbonyl (C=O) groups excluding carboxylic acids is 1. The highest BCUT2D eigenvalue weighted by molar-refractivity contribution is 5.94. The van der Waals surface area contributed by atoms with E-state index < -0.39 is 5.91 Å². The molecule has 0 spiro atoms. The van der Waals surface area contributed by atoms with Gasteiger partial charge >= 0.3 is 0 Å². The molecule has 12 nitrogen and oxygen atoms in total. The number of nitrogens with one attached hydrogen (secondary N) is 2. The maximum Gasteiger partial charge on any atom is 0.294 e. The number of quaternary nitrogens is 1. The van der Waals surface area contributed by atoms with Crippen LogP contribution in [0.2, 0.25) is 0 Å². The van der Waals surface area contributed by atoms with Crippen molar-refractivity contribution < 1.29 is 23.5 Å². The molecule has 0 saturated carbocycles. The van der Waals surface area contributed by atoms with Gasteiger partial charge in [0, 0.05) is 0 Å². The van der Waals surface area contributed by atoms with Gasteiger partial charge in [0.15, 0.2) is 5.69 Å². The molecule has 2 aromatic heterocycles. The van der Waals surface area contributed by atoms with Crippen LogP contribution < -0.4 is 20.8 Å². The fraction of sp³-hybridized carbons (Fsp3) is 0.182. The molecule has 180 valence electrons. The highest BCUT2D eigenvalue weighted by atomic mass is 19.1. The number of nitrogen functional groups attached to an aromatic ring is 1. The van der Waals surface area contributed by atoms with E-state index in [0.717, 1.165) is 10.5 Å². The summed E-state index contributed by atoms with van der Waals surface area (Å²) in [7, 11) is 3.82. The van der Waals surface area contributed by atoms with Crippen LogP contribution >= 0.6 is 0 Å². The van der Waals surface area contributed by atoms with Crippen LogP contribution in [0.1, 0.15) is 27.3 Å². The van der Waals surface area contributed by atoms with Gasteiger partial charge in [-0.3, -0.25) is 4.79 Å². The molecule has 35 heavy (non-hydrogen) atoms. The average molecular weight is 480 g/mol. The number of hydrogen-bond acceptors (Lipinski definition) is 9. The van der Waals surface area contributed by atoms with Crippen molar-refractivity contribution in [3.63, 3.8) is 0 Å². The first-order valence-corrected chi connectivity index (χ1v) is 10.5. The highest BCUT2D eigenvalue weighted by Gasteiger charge is 2.25. The lowest BCUT2D eigenvalue weighted by molar-refractivity contribution is -0.873. The van der Waals surface area contributed by atoms with E-state index >= 15 is 0 Å². The fourth-order valence-electron chi connectivity index (χ4n) is 3.13. The Morgan fingerprint density at radius 1 is 1.26 bits per heavy atom. The van der Waals surface area contributed by atoms with Crippen LogP contribution in [-0.2, 0) is 13.2 Å². The van der Waals surface area contributed by atoms with Gasteiger partial charge in [-0.1, -0.05) is 29.5 Å². The number of ether oxygens (including phenoxy) is 1. The number of rotatable bonds is 9. The highest BCUT2D eigenvalue weighted by Crippen LogP contribution is 2.16. The first kappa shape index (κ1) is 23.5. The number of hydrazone groups is 1. The number of anilines is 1. The summed E-state index contributed by atoms with van der Waals surface area (Å²) in [6, 6.07) is 13.2. The topological polar surface area (TPSA) is 151 Å². The average Bonchev–Trinajstić information content (AvgIpc) is 3.44. The van der Waals surface area contributed by atoms with E-state index in [0.29, 0.717) is 23.6 Å². The lowest BCUT2D eigenvalue weighted by atomic mass is 10.2. The molecule has 0 radical (unpaired) electrons. The van der Waals surface area contributed by atoms with Crippen LogP contribution in [0.5, 0.6) is 5.75 Å². The number of hydrogen-bond donors (Lipinski definition) is 3. The number of amides is 1. The van der Waals surface area contributed by atoms with E-state index in [4.69, 9.17) is 10.5 Å². The minimum atomic E-state index is -0.553. The van der Waals surface area contributed by atoms with Gasteiger partial charge in [0.25, 0.3) is 5.91 Å². The summed E-state index contributed by atoms with van der Waals surface area (Å²) in [5, 5.41) is 19.2. The zero-order valence-electron chi connectivity index (χ0n) is 19.0. The van der Waals surface area contributed by atoms with E-state index in [1.807, 2.05) is 14.1 Å². The SMILES string of the molecule is C[NH+](C)Cc1c(C(=O)N/N=C\c2cccc(OCc3ccc(F)cc3)c2)nnn1-c1nonc1N. The van der Waals surface area contributed by atoms with Crippen molar-refractivity contribution in [2.45, 2.75) is 13.2 Å². The van der Waals surface area contributed by atoms with Gasteiger partial charge in [0.1, 0.15) is 30.4 Å². The van der Waals surface area contributed by atoms with Crippen molar-refractivity contribution in [1.29, 1.82) is 0 Å². The molecule has 2 aromatic carbocycles. The number of carbonyl (C=O) groups is 1. The summed E-state index contributed by atoms with van der Waals surface area (Å²) in [4.78, 5) is 13.8. The number of nitrogens with two attached hydrogens (primary N) is 1. The summed E-state index contributed by atoms with van der Waals surface area (Å²) in [5.41, 5.74) is 10.3. The van der Waals surface area contributed by atoms with Gasteiger partial charge in [-0.05, 0) is 45.7 Å². The maximum absolute atomic E-state index is 13.0. The summed E-state index contributed by atoms with van der Waals surface area (Å²) in [6.07, 6.45) is 1.48. The minimum absolute atomic E-state index is 0.0245. The molecule has 4 aromatic rings. The molecular weight excluding hydrogens is 457 g/mol. The molecule has 2 heterocycles. The van der Waals surface area contributed by atoms with Crippen molar-refractivity contribution in [3.8, 4) is 11.6 Å². The number of benzene rings is 2. The third-order valence-corrected chi connectivity index (χ3v) is 4.75. The van der Waals surface area contributed by atoms with Gasteiger partial charge in [0.05, 0.1) is 20.3 Å². The first-order chi connectivity index (χ1) is 16.9.